The molecule has 1 heterocycles. The second kappa shape index (κ2) is 7.56. The van der Waals surface area contributed by atoms with Crippen LogP contribution in [0.15, 0.2) is 60.7 Å². The molecule has 144 valence electrons. The van der Waals surface area contributed by atoms with Crippen LogP contribution in [0.1, 0.15) is 20.8 Å². The second-order valence-electron chi connectivity index (χ2n) is 8.02. The maximum Gasteiger partial charge on any atom is 0.261 e. The molecule has 2 aromatic carbocycles. The normalized spacial score (nSPS) is 23.3. The molecule has 3 rings (SSSR count). The Bertz CT molecular complexity index is 736. The molecule has 1 saturated heterocycles. The molecule has 1 aliphatic heterocycles. The molecule has 5 nitrogen and oxygen atoms in total. The molecule has 0 aromatic heterocycles. The van der Waals surface area contributed by atoms with Crippen LogP contribution in [0.25, 0.3) is 0 Å². The first-order valence-corrected chi connectivity index (χ1v) is 11.1. The molecule has 3 N–H and O–H groups in total. The minimum atomic E-state index is -2.73. The first kappa shape index (κ1) is 19.8. The van der Waals surface area contributed by atoms with Crippen LogP contribution in [0.3, 0.4) is 0 Å². The van der Waals surface area contributed by atoms with Crippen LogP contribution in [-0.4, -0.2) is 49.3 Å². The standard InChI is InChI=1S/C21H27NO4Si/c1-21(2,3)27(15-10-6-4-7-11-15,16-12-8-5-9-13-16)26-14-17-18(23)19(24)20(25)22-17/h4-13,17-19,23-24H,14H2,1-3H3,(H,22,25)/t17-,18-,19+/m1/s1. The highest BCUT2D eigenvalue weighted by atomic mass is 28.4. The van der Waals surface area contributed by atoms with E-state index in [0.717, 1.165) is 10.4 Å². The van der Waals surface area contributed by atoms with E-state index < -0.39 is 32.5 Å². The van der Waals surface area contributed by atoms with Crippen LogP contribution in [0.2, 0.25) is 5.04 Å². The van der Waals surface area contributed by atoms with Crippen molar-refractivity contribution in [3.63, 3.8) is 0 Å². The Hall–Kier alpha value is -1.99. The van der Waals surface area contributed by atoms with Crippen LogP contribution in [0, 0.1) is 0 Å². The number of rotatable bonds is 5. The lowest BCUT2D eigenvalue weighted by molar-refractivity contribution is -0.128. The molecule has 0 spiro atoms. The van der Waals surface area contributed by atoms with Gasteiger partial charge in [-0.3, -0.25) is 4.79 Å². The van der Waals surface area contributed by atoms with Crippen molar-refractivity contribution in [1.82, 2.24) is 5.32 Å². The zero-order valence-corrected chi connectivity index (χ0v) is 16.9. The summed E-state index contributed by atoms with van der Waals surface area (Å²) >= 11 is 0. The van der Waals surface area contributed by atoms with Crippen LogP contribution in [0.5, 0.6) is 0 Å². The second-order valence-corrected chi connectivity index (χ2v) is 12.3. The van der Waals surface area contributed by atoms with Gasteiger partial charge in [0.1, 0.15) is 6.10 Å². The van der Waals surface area contributed by atoms with Gasteiger partial charge in [-0.2, -0.15) is 0 Å². The molecule has 1 aliphatic rings. The fourth-order valence-corrected chi connectivity index (χ4v) is 8.43. The van der Waals surface area contributed by atoms with Gasteiger partial charge < -0.3 is 20.0 Å². The maximum absolute atomic E-state index is 11.7. The van der Waals surface area contributed by atoms with Crippen molar-refractivity contribution in [2.75, 3.05) is 6.61 Å². The first-order chi connectivity index (χ1) is 12.8. The van der Waals surface area contributed by atoms with Gasteiger partial charge >= 0.3 is 0 Å². The summed E-state index contributed by atoms with van der Waals surface area (Å²) < 4.78 is 6.67. The van der Waals surface area contributed by atoms with Gasteiger partial charge in [0.15, 0.2) is 6.10 Å². The Balaban J connectivity index is 2.03. The Kier molecular flexibility index (Phi) is 5.53. The average Bonchev–Trinajstić information content (AvgIpc) is 2.90. The SMILES string of the molecule is CC(C)(C)[Si](OC[C@H]1NC(=O)[C@@H](O)[C@@H]1O)(c1ccccc1)c1ccccc1. The van der Waals surface area contributed by atoms with Gasteiger partial charge in [0.25, 0.3) is 14.2 Å². The van der Waals surface area contributed by atoms with E-state index in [0.29, 0.717) is 0 Å². The Morgan fingerprint density at radius 3 is 1.81 bits per heavy atom. The highest BCUT2D eigenvalue weighted by Crippen LogP contribution is 2.37. The van der Waals surface area contributed by atoms with E-state index in [9.17, 15) is 15.0 Å². The summed E-state index contributed by atoms with van der Waals surface area (Å²) in [5.41, 5.74) is 0. The Labute approximate surface area is 161 Å². The molecule has 1 fully saturated rings. The summed E-state index contributed by atoms with van der Waals surface area (Å²) in [6.07, 6.45) is -2.58. The summed E-state index contributed by atoms with van der Waals surface area (Å²) in [6, 6.07) is 19.7. The minimum Gasteiger partial charge on any atom is -0.405 e. The van der Waals surface area contributed by atoms with E-state index >= 15 is 0 Å². The highest BCUT2D eigenvalue weighted by molar-refractivity contribution is 6.99. The van der Waals surface area contributed by atoms with Crippen LogP contribution in [-0.2, 0) is 9.22 Å². The van der Waals surface area contributed by atoms with E-state index in [1.165, 1.54) is 0 Å². The third-order valence-electron chi connectivity index (χ3n) is 5.23. The fraction of sp³-hybridized carbons (Fsp3) is 0.381. The lowest BCUT2D eigenvalue weighted by Gasteiger charge is -2.43. The number of aliphatic hydroxyl groups excluding tert-OH is 2. The van der Waals surface area contributed by atoms with Gasteiger partial charge in [0.05, 0.1) is 12.6 Å². The quantitative estimate of drug-likeness (QED) is 0.665. The van der Waals surface area contributed by atoms with Crippen molar-refractivity contribution >= 4 is 24.6 Å². The van der Waals surface area contributed by atoms with Crippen LogP contribution >= 0.6 is 0 Å². The number of carbonyl (C=O) groups excluding carboxylic acids is 1. The molecular weight excluding hydrogens is 358 g/mol. The summed E-state index contributed by atoms with van der Waals surface area (Å²) in [5.74, 6) is -0.557. The number of aliphatic hydroxyl groups is 2. The van der Waals surface area contributed by atoms with Gasteiger partial charge in [0, 0.05) is 0 Å². The molecule has 1 amide bonds. The van der Waals surface area contributed by atoms with E-state index in [2.05, 4.69) is 50.4 Å². The fourth-order valence-electron chi connectivity index (χ4n) is 3.85. The van der Waals surface area contributed by atoms with Gasteiger partial charge in [-0.1, -0.05) is 81.4 Å². The zero-order valence-electron chi connectivity index (χ0n) is 15.9. The summed E-state index contributed by atoms with van der Waals surface area (Å²) in [6.45, 7) is 6.63. The minimum absolute atomic E-state index is 0.136. The van der Waals surface area contributed by atoms with Crippen molar-refractivity contribution in [2.24, 2.45) is 0 Å². The third kappa shape index (κ3) is 3.58. The van der Waals surface area contributed by atoms with Crippen molar-refractivity contribution in [2.45, 2.75) is 44.1 Å². The van der Waals surface area contributed by atoms with Gasteiger partial charge in [0.2, 0.25) is 0 Å². The number of amides is 1. The van der Waals surface area contributed by atoms with Crippen LogP contribution < -0.4 is 15.7 Å². The predicted octanol–water partition coefficient (Wildman–Crippen LogP) is 0.783. The van der Waals surface area contributed by atoms with E-state index in [1.807, 2.05) is 36.4 Å². The summed E-state index contributed by atoms with van der Waals surface area (Å²) in [7, 11) is -2.73. The zero-order chi connectivity index (χ0) is 19.7. The van der Waals surface area contributed by atoms with Gasteiger partial charge in [-0.25, -0.2) is 0 Å². The third-order valence-corrected chi connectivity index (χ3v) is 10.2. The topological polar surface area (TPSA) is 78.8 Å². The number of benzene rings is 2. The largest absolute Gasteiger partial charge is 0.405 e. The Morgan fingerprint density at radius 1 is 0.963 bits per heavy atom. The molecule has 2 aromatic rings. The molecule has 0 bridgehead atoms. The number of nitrogens with one attached hydrogen (secondary N) is 1. The van der Waals surface area contributed by atoms with Gasteiger partial charge in [-0.15, -0.1) is 0 Å². The predicted molar refractivity (Wildman–Crippen MR) is 108 cm³/mol. The van der Waals surface area contributed by atoms with E-state index in [4.69, 9.17) is 4.43 Å². The molecule has 0 saturated carbocycles. The molecular formula is C21H27NO4Si. The van der Waals surface area contributed by atoms with Crippen molar-refractivity contribution < 1.29 is 19.4 Å². The number of hydrogen-bond donors (Lipinski definition) is 3. The van der Waals surface area contributed by atoms with E-state index in [-0.39, 0.29) is 11.6 Å². The molecule has 6 heteroatoms. The van der Waals surface area contributed by atoms with Crippen molar-refractivity contribution in [3.05, 3.63) is 60.7 Å². The number of hydrogen-bond acceptors (Lipinski definition) is 4. The molecule has 3 atom stereocenters. The van der Waals surface area contributed by atoms with Crippen molar-refractivity contribution in [3.8, 4) is 0 Å². The molecule has 0 unspecified atom stereocenters. The average molecular weight is 386 g/mol. The lowest BCUT2D eigenvalue weighted by Crippen LogP contribution is -2.67. The number of carbonyl (C=O) groups is 1. The molecule has 0 radical (unpaired) electrons. The van der Waals surface area contributed by atoms with E-state index in [1.54, 1.807) is 0 Å². The maximum atomic E-state index is 11.7. The van der Waals surface area contributed by atoms with Crippen LogP contribution in [0.4, 0.5) is 0 Å². The smallest absolute Gasteiger partial charge is 0.261 e. The lowest BCUT2D eigenvalue weighted by atomic mass is 10.1. The Morgan fingerprint density at radius 2 is 1.44 bits per heavy atom. The molecule has 27 heavy (non-hydrogen) atoms. The first-order valence-electron chi connectivity index (χ1n) is 9.19. The van der Waals surface area contributed by atoms with Gasteiger partial charge in [-0.05, 0) is 15.4 Å². The van der Waals surface area contributed by atoms with Crippen molar-refractivity contribution in [1.29, 1.82) is 0 Å². The monoisotopic (exact) mass is 385 g/mol. The summed E-state index contributed by atoms with van der Waals surface area (Å²) in [5, 5.41) is 24.6. The highest BCUT2D eigenvalue weighted by Gasteiger charge is 2.51. The molecule has 0 aliphatic carbocycles. The summed E-state index contributed by atoms with van der Waals surface area (Å²) in [4.78, 5) is 11.7.